The molecule has 0 saturated heterocycles. The summed E-state index contributed by atoms with van der Waals surface area (Å²) >= 11 is 1.56. The van der Waals surface area contributed by atoms with Gasteiger partial charge in [0.1, 0.15) is 0 Å². The Morgan fingerprint density at radius 3 is 2.59 bits per heavy atom. The Hall–Kier alpha value is -0.700. The molecule has 1 aromatic rings. The third-order valence-electron chi connectivity index (χ3n) is 2.51. The quantitative estimate of drug-likeness (QED) is 0.730. The third-order valence-corrected chi connectivity index (χ3v) is 3.57. The molecule has 0 radical (unpaired) electrons. The van der Waals surface area contributed by atoms with Gasteiger partial charge in [0, 0.05) is 19.0 Å². The largest absolute Gasteiger partial charge is 0.293 e. The van der Waals surface area contributed by atoms with Gasteiger partial charge in [-0.05, 0) is 17.8 Å². The highest BCUT2D eigenvalue weighted by Crippen LogP contribution is 2.24. The van der Waals surface area contributed by atoms with Crippen molar-refractivity contribution in [2.45, 2.75) is 53.9 Å². The number of carbonyl (C=O) groups is 1. The van der Waals surface area contributed by atoms with E-state index in [9.17, 15) is 4.79 Å². The highest BCUT2D eigenvalue weighted by molar-refractivity contribution is 7.13. The van der Waals surface area contributed by atoms with Crippen LogP contribution in [0.25, 0.3) is 0 Å². The third kappa shape index (κ3) is 5.44. The van der Waals surface area contributed by atoms with Crippen molar-refractivity contribution < 1.29 is 4.79 Å². The van der Waals surface area contributed by atoms with Crippen molar-refractivity contribution in [1.29, 1.82) is 0 Å². The van der Waals surface area contributed by atoms with Crippen LogP contribution in [0.2, 0.25) is 0 Å². The molecule has 0 spiro atoms. The van der Waals surface area contributed by atoms with Crippen molar-refractivity contribution in [3.63, 3.8) is 0 Å². The van der Waals surface area contributed by atoms with Crippen LogP contribution in [-0.4, -0.2) is 10.8 Å². The molecule has 0 N–H and O–H groups in total. The van der Waals surface area contributed by atoms with Gasteiger partial charge in [0.25, 0.3) is 0 Å². The Morgan fingerprint density at radius 1 is 1.41 bits per heavy atom. The van der Waals surface area contributed by atoms with Gasteiger partial charge < -0.3 is 0 Å². The summed E-state index contributed by atoms with van der Waals surface area (Å²) in [6.45, 7) is 10.8. The van der Waals surface area contributed by atoms with E-state index in [1.165, 1.54) is 0 Å². The van der Waals surface area contributed by atoms with Gasteiger partial charge in [-0.1, -0.05) is 34.6 Å². The van der Waals surface area contributed by atoms with Gasteiger partial charge in [0.2, 0.25) is 0 Å². The van der Waals surface area contributed by atoms with Crippen molar-refractivity contribution in [3.05, 3.63) is 16.1 Å². The summed E-state index contributed by atoms with van der Waals surface area (Å²) in [5.74, 6) is 0.839. The molecule has 96 valence electrons. The molecule has 0 fully saturated rings. The van der Waals surface area contributed by atoms with Gasteiger partial charge in [0.15, 0.2) is 5.78 Å². The molecule has 0 aliphatic rings. The molecule has 0 saturated carbocycles. The lowest BCUT2D eigenvalue weighted by Gasteiger charge is -2.16. The average molecular weight is 253 g/mol. The van der Waals surface area contributed by atoms with Gasteiger partial charge in [-0.25, -0.2) is 4.98 Å². The monoisotopic (exact) mass is 253 g/mol. The predicted octanol–water partition coefficient (Wildman–Crippen LogP) is 4.35. The van der Waals surface area contributed by atoms with Crippen LogP contribution >= 0.6 is 11.3 Å². The highest BCUT2D eigenvalue weighted by atomic mass is 32.1. The van der Waals surface area contributed by atoms with Crippen LogP contribution in [0.4, 0.5) is 0 Å². The number of thiazole rings is 1. The maximum Gasteiger partial charge on any atom is 0.174 e. The van der Waals surface area contributed by atoms with Crippen LogP contribution in [0.5, 0.6) is 0 Å². The van der Waals surface area contributed by atoms with E-state index in [1.54, 1.807) is 17.5 Å². The van der Waals surface area contributed by atoms with Crippen LogP contribution in [0.15, 0.2) is 6.20 Å². The second-order valence-corrected chi connectivity index (χ2v) is 7.32. The maximum atomic E-state index is 12.0. The summed E-state index contributed by atoms with van der Waals surface area (Å²) in [6, 6.07) is 0. The van der Waals surface area contributed by atoms with E-state index >= 15 is 0 Å². The lowest BCUT2D eigenvalue weighted by Crippen LogP contribution is -2.08. The van der Waals surface area contributed by atoms with E-state index in [2.05, 4.69) is 39.6 Å². The minimum absolute atomic E-state index is 0.223. The molecule has 0 aromatic carbocycles. The number of ketones is 1. The molecule has 0 bridgehead atoms. The number of rotatable bonds is 5. The molecule has 17 heavy (non-hydrogen) atoms. The van der Waals surface area contributed by atoms with Crippen LogP contribution in [-0.2, 0) is 6.42 Å². The van der Waals surface area contributed by atoms with Crippen molar-refractivity contribution in [2.75, 3.05) is 0 Å². The Morgan fingerprint density at radius 2 is 2.06 bits per heavy atom. The number of hydrogen-bond donors (Lipinski definition) is 0. The first kappa shape index (κ1) is 14.4. The van der Waals surface area contributed by atoms with Crippen LogP contribution in [0.3, 0.4) is 0 Å². The van der Waals surface area contributed by atoms with E-state index in [0.717, 1.165) is 22.7 Å². The number of aromatic nitrogens is 1. The fourth-order valence-corrected chi connectivity index (χ4v) is 2.59. The molecular weight excluding hydrogens is 230 g/mol. The van der Waals surface area contributed by atoms with Gasteiger partial charge in [-0.2, -0.15) is 0 Å². The van der Waals surface area contributed by atoms with Crippen molar-refractivity contribution in [2.24, 2.45) is 11.3 Å². The topological polar surface area (TPSA) is 30.0 Å². The number of nitrogens with zero attached hydrogens (tertiary/aromatic N) is 1. The Bertz CT molecular complexity index is 374. The summed E-state index contributed by atoms with van der Waals surface area (Å²) in [5, 5.41) is 1.08. The Balaban J connectivity index is 2.55. The summed E-state index contributed by atoms with van der Waals surface area (Å²) in [4.78, 5) is 17.1. The van der Waals surface area contributed by atoms with Crippen molar-refractivity contribution in [3.8, 4) is 0 Å². The molecule has 3 heteroatoms. The van der Waals surface area contributed by atoms with Gasteiger partial charge >= 0.3 is 0 Å². The second-order valence-electron chi connectivity index (χ2n) is 6.20. The predicted molar refractivity (Wildman–Crippen MR) is 73.7 cm³/mol. The zero-order valence-electron chi connectivity index (χ0n) is 11.5. The average Bonchev–Trinajstić information content (AvgIpc) is 2.60. The zero-order chi connectivity index (χ0) is 13.1. The smallest absolute Gasteiger partial charge is 0.174 e. The fourth-order valence-electron chi connectivity index (χ4n) is 1.49. The molecule has 1 aromatic heterocycles. The molecule has 0 aliphatic heterocycles. The number of carbonyl (C=O) groups excluding carboxylic acids is 1. The first-order valence-electron chi connectivity index (χ1n) is 6.26. The highest BCUT2D eigenvalue weighted by Gasteiger charge is 2.16. The fraction of sp³-hybridized carbons (Fsp3) is 0.714. The molecule has 2 nitrogen and oxygen atoms in total. The standard InChI is InChI=1S/C14H23NOS/c1-10(2)8-13-15-9-12(17-13)11(16)6-7-14(3,4)5/h9-10H,6-8H2,1-5H3. The molecule has 1 rings (SSSR count). The summed E-state index contributed by atoms with van der Waals surface area (Å²) < 4.78 is 0. The maximum absolute atomic E-state index is 12.0. The summed E-state index contributed by atoms with van der Waals surface area (Å²) in [7, 11) is 0. The Labute approximate surface area is 108 Å². The van der Waals surface area contributed by atoms with E-state index in [-0.39, 0.29) is 11.2 Å². The SMILES string of the molecule is CC(C)Cc1ncc(C(=O)CCC(C)(C)C)s1. The van der Waals surface area contributed by atoms with Gasteiger partial charge in [-0.3, -0.25) is 4.79 Å². The van der Waals surface area contributed by atoms with E-state index < -0.39 is 0 Å². The van der Waals surface area contributed by atoms with E-state index in [0.29, 0.717) is 12.3 Å². The van der Waals surface area contributed by atoms with Gasteiger partial charge in [0.05, 0.1) is 9.88 Å². The normalized spacial score (nSPS) is 12.1. The minimum atomic E-state index is 0.223. The molecule has 1 heterocycles. The minimum Gasteiger partial charge on any atom is -0.293 e. The van der Waals surface area contributed by atoms with Crippen LogP contribution in [0, 0.1) is 11.3 Å². The van der Waals surface area contributed by atoms with E-state index in [1.807, 2.05) is 0 Å². The van der Waals surface area contributed by atoms with Crippen LogP contribution < -0.4 is 0 Å². The van der Waals surface area contributed by atoms with E-state index in [4.69, 9.17) is 0 Å². The second kappa shape index (κ2) is 5.76. The first-order chi connectivity index (χ1) is 7.78. The molecule has 0 atom stereocenters. The molecule has 0 aliphatic carbocycles. The number of Topliss-reactive ketones (excluding diaryl/α,β-unsaturated/α-hetero) is 1. The Kier molecular flexibility index (Phi) is 4.87. The number of hydrogen-bond acceptors (Lipinski definition) is 3. The van der Waals surface area contributed by atoms with Crippen LogP contribution in [0.1, 0.15) is 62.1 Å². The summed E-state index contributed by atoms with van der Waals surface area (Å²) in [5.41, 5.74) is 0.223. The lowest BCUT2D eigenvalue weighted by molar-refractivity contribution is 0.0969. The lowest BCUT2D eigenvalue weighted by atomic mass is 9.89. The molecular formula is C14H23NOS. The van der Waals surface area contributed by atoms with Gasteiger partial charge in [-0.15, -0.1) is 11.3 Å². The summed E-state index contributed by atoms with van der Waals surface area (Å²) in [6.07, 6.45) is 4.28. The zero-order valence-corrected chi connectivity index (χ0v) is 12.4. The van der Waals surface area contributed by atoms with Crippen molar-refractivity contribution in [1.82, 2.24) is 4.98 Å². The molecule has 0 amide bonds. The molecule has 0 unspecified atom stereocenters. The first-order valence-corrected chi connectivity index (χ1v) is 7.07. The van der Waals surface area contributed by atoms with Crippen molar-refractivity contribution >= 4 is 17.1 Å².